The number of allylic oxidation sites excluding steroid dienone is 1. The number of thiazole rings is 1. The van der Waals surface area contributed by atoms with Gasteiger partial charge in [-0.05, 0) is 57.6 Å². The number of benzene rings is 1. The Kier molecular flexibility index (Phi) is 7.12. The zero-order valence-electron chi connectivity index (χ0n) is 17.9. The number of carbonyl (C=O) groups is 1. The molecule has 0 saturated carbocycles. The second-order valence-electron chi connectivity index (χ2n) is 8.80. The maximum atomic E-state index is 12.2. The van der Waals surface area contributed by atoms with Crippen molar-refractivity contribution in [3.05, 3.63) is 58.1 Å². The largest absolute Gasteiger partial charge is 0.444 e. The first-order chi connectivity index (χ1) is 13.8. The molecule has 0 spiro atoms. The molecule has 29 heavy (non-hydrogen) atoms. The summed E-state index contributed by atoms with van der Waals surface area (Å²) >= 11 is 1.73. The number of nitrogens with zero attached hydrogens (tertiary/aromatic N) is 2. The van der Waals surface area contributed by atoms with Crippen molar-refractivity contribution in [2.24, 2.45) is 0 Å². The van der Waals surface area contributed by atoms with Gasteiger partial charge in [0, 0.05) is 24.4 Å². The number of hydrogen-bond donors (Lipinski definition) is 0. The molecular formula is C24H32N2O2S. The van der Waals surface area contributed by atoms with Crippen molar-refractivity contribution < 1.29 is 9.53 Å². The number of aromatic nitrogens is 1. The summed E-state index contributed by atoms with van der Waals surface area (Å²) in [5.41, 5.74) is 1.97. The highest BCUT2D eigenvalue weighted by molar-refractivity contribution is 7.09. The molecule has 1 amide bonds. The first-order valence-corrected chi connectivity index (χ1v) is 11.3. The van der Waals surface area contributed by atoms with Gasteiger partial charge in [-0.3, -0.25) is 0 Å². The zero-order valence-corrected chi connectivity index (χ0v) is 18.7. The number of amides is 1. The van der Waals surface area contributed by atoms with Crippen molar-refractivity contribution >= 4 is 23.5 Å². The quantitative estimate of drug-likeness (QED) is 0.565. The lowest BCUT2D eigenvalue weighted by molar-refractivity contribution is 0.0205. The molecular weight excluding hydrogens is 380 g/mol. The van der Waals surface area contributed by atoms with Gasteiger partial charge in [-0.1, -0.05) is 43.3 Å². The van der Waals surface area contributed by atoms with Gasteiger partial charge in [0.25, 0.3) is 0 Å². The monoisotopic (exact) mass is 412 g/mol. The van der Waals surface area contributed by atoms with E-state index < -0.39 is 5.60 Å². The Morgan fingerprint density at radius 1 is 1.28 bits per heavy atom. The third-order valence-corrected chi connectivity index (χ3v) is 6.21. The molecule has 1 saturated heterocycles. The van der Waals surface area contributed by atoms with E-state index in [9.17, 15) is 4.79 Å². The summed E-state index contributed by atoms with van der Waals surface area (Å²) < 4.78 is 5.48. The van der Waals surface area contributed by atoms with Gasteiger partial charge in [-0.25, -0.2) is 9.78 Å². The van der Waals surface area contributed by atoms with Crippen LogP contribution in [-0.4, -0.2) is 34.7 Å². The number of hydrogen-bond acceptors (Lipinski definition) is 4. The highest BCUT2D eigenvalue weighted by atomic mass is 32.1. The lowest BCUT2D eigenvalue weighted by atomic mass is 9.97. The van der Waals surface area contributed by atoms with E-state index in [2.05, 4.69) is 54.8 Å². The van der Waals surface area contributed by atoms with Crippen molar-refractivity contribution in [3.8, 4) is 0 Å². The lowest BCUT2D eigenvalue weighted by Crippen LogP contribution is -2.41. The summed E-state index contributed by atoms with van der Waals surface area (Å²) in [5, 5.41) is 3.32. The van der Waals surface area contributed by atoms with Crippen LogP contribution in [0.15, 0.2) is 41.8 Å². The van der Waals surface area contributed by atoms with Crippen LogP contribution in [0.3, 0.4) is 0 Å². The average Bonchev–Trinajstić information content (AvgIpc) is 3.16. The second kappa shape index (κ2) is 9.57. The van der Waals surface area contributed by atoms with Crippen LogP contribution in [0.5, 0.6) is 0 Å². The van der Waals surface area contributed by atoms with Crippen molar-refractivity contribution in [3.63, 3.8) is 0 Å². The van der Waals surface area contributed by atoms with Crippen molar-refractivity contribution in [2.45, 2.75) is 64.4 Å². The van der Waals surface area contributed by atoms with Gasteiger partial charge in [0.15, 0.2) is 0 Å². The molecule has 3 rings (SSSR count). The van der Waals surface area contributed by atoms with E-state index in [4.69, 9.17) is 9.72 Å². The van der Waals surface area contributed by atoms with E-state index in [-0.39, 0.29) is 6.09 Å². The normalized spacial score (nSPS) is 16.9. The summed E-state index contributed by atoms with van der Waals surface area (Å²) in [6.07, 6.45) is 7.05. The Bertz CT molecular complexity index is 815. The Hall–Kier alpha value is -2.14. The van der Waals surface area contributed by atoms with E-state index in [1.54, 1.807) is 11.3 Å². The Morgan fingerprint density at radius 2 is 1.97 bits per heavy atom. The number of ether oxygens (including phenoxy) is 1. The van der Waals surface area contributed by atoms with E-state index in [1.165, 1.54) is 10.6 Å². The van der Waals surface area contributed by atoms with Gasteiger partial charge in [-0.2, -0.15) is 0 Å². The van der Waals surface area contributed by atoms with Gasteiger partial charge < -0.3 is 9.64 Å². The molecule has 1 aromatic heterocycles. The fraction of sp³-hybridized carbons (Fsp3) is 0.500. The van der Waals surface area contributed by atoms with Gasteiger partial charge in [0.2, 0.25) is 0 Å². The van der Waals surface area contributed by atoms with Crippen LogP contribution >= 0.6 is 11.3 Å². The van der Waals surface area contributed by atoms with Crippen molar-refractivity contribution in [2.75, 3.05) is 13.1 Å². The number of piperidine rings is 1. The van der Waals surface area contributed by atoms with Crippen molar-refractivity contribution in [1.29, 1.82) is 0 Å². The molecule has 0 aliphatic carbocycles. The lowest BCUT2D eigenvalue weighted by Gasteiger charge is -2.32. The summed E-state index contributed by atoms with van der Waals surface area (Å²) in [6, 6.07) is 10.6. The van der Waals surface area contributed by atoms with Crippen LogP contribution in [-0.2, 0) is 4.74 Å². The standard InChI is InChI=1S/C24H32N2O2S/c1-18(19-10-6-5-7-11-19)9-8-12-21-17-29-22(25-21)20-13-15-26(16-14-20)23(27)28-24(2,3)4/h5-8,10-12,17-18,20H,9,13-16H2,1-4H3. The predicted octanol–water partition coefficient (Wildman–Crippen LogP) is 6.46. The molecule has 156 valence electrons. The molecule has 1 aliphatic heterocycles. The van der Waals surface area contributed by atoms with Gasteiger partial charge in [-0.15, -0.1) is 11.3 Å². The predicted molar refractivity (Wildman–Crippen MR) is 120 cm³/mol. The first-order valence-electron chi connectivity index (χ1n) is 10.5. The Labute approximate surface area is 178 Å². The minimum absolute atomic E-state index is 0.203. The third-order valence-electron chi connectivity index (χ3n) is 5.18. The average molecular weight is 413 g/mol. The molecule has 5 heteroatoms. The van der Waals surface area contributed by atoms with Gasteiger partial charge >= 0.3 is 6.09 Å². The highest BCUT2D eigenvalue weighted by Gasteiger charge is 2.28. The zero-order chi connectivity index (χ0) is 20.9. The number of rotatable bonds is 5. The van der Waals surface area contributed by atoms with Crippen molar-refractivity contribution in [1.82, 2.24) is 9.88 Å². The topological polar surface area (TPSA) is 42.4 Å². The van der Waals surface area contributed by atoms with Gasteiger partial charge in [0.1, 0.15) is 5.60 Å². The molecule has 0 radical (unpaired) electrons. The van der Waals surface area contributed by atoms with Crippen LogP contribution in [0.4, 0.5) is 4.79 Å². The molecule has 2 heterocycles. The van der Waals surface area contributed by atoms with E-state index in [1.807, 2.05) is 25.7 Å². The first kappa shape index (κ1) is 21.6. The summed E-state index contributed by atoms with van der Waals surface area (Å²) in [5.74, 6) is 0.937. The molecule has 0 N–H and O–H groups in total. The molecule has 2 aromatic rings. The van der Waals surface area contributed by atoms with Crippen LogP contribution in [0.1, 0.15) is 75.1 Å². The number of likely N-dealkylation sites (tertiary alicyclic amines) is 1. The van der Waals surface area contributed by atoms with E-state index >= 15 is 0 Å². The van der Waals surface area contributed by atoms with E-state index in [0.29, 0.717) is 11.8 Å². The van der Waals surface area contributed by atoms with Gasteiger partial charge in [0.05, 0.1) is 10.7 Å². The maximum Gasteiger partial charge on any atom is 0.410 e. The van der Waals surface area contributed by atoms with Crippen LogP contribution in [0.2, 0.25) is 0 Å². The SMILES string of the molecule is CC(CC=Cc1csc(C2CCN(C(=O)OC(C)(C)C)CC2)n1)c1ccccc1. The molecule has 1 aromatic carbocycles. The highest BCUT2D eigenvalue weighted by Crippen LogP contribution is 2.31. The van der Waals surface area contributed by atoms with Crippen LogP contribution in [0.25, 0.3) is 6.08 Å². The molecule has 1 atom stereocenters. The fourth-order valence-corrected chi connectivity index (χ4v) is 4.47. The van der Waals surface area contributed by atoms with Crippen LogP contribution in [0, 0.1) is 0 Å². The fourth-order valence-electron chi connectivity index (χ4n) is 3.51. The summed E-state index contributed by atoms with van der Waals surface area (Å²) in [6.45, 7) is 9.44. The molecule has 4 nitrogen and oxygen atoms in total. The number of carbonyl (C=O) groups excluding carboxylic acids is 1. The molecule has 1 fully saturated rings. The summed E-state index contributed by atoms with van der Waals surface area (Å²) in [4.78, 5) is 18.9. The van der Waals surface area contributed by atoms with E-state index in [0.717, 1.165) is 38.0 Å². The Morgan fingerprint density at radius 3 is 2.62 bits per heavy atom. The minimum Gasteiger partial charge on any atom is -0.444 e. The maximum absolute atomic E-state index is 12.2. The van der Waals surface area contributed by atoms with Crippen LogP contribution < -0.4 is 0 Å². The molecule has 1 aliphatic rings. The smallest absolute Gasteiger partial charge is 0.410 e. The Balaban J connectivity index is 1.49. The molecule has 1 unspecified atom stereocenters. The molecule has 0 bridgehead atoms. The summed E-state index contributed by atoms with van der Waals surface area (Å²) in [7, 11) is 0. The second-order valence-corrected chi connectivity index (χ2v) is 9.69. The minimum atomic E-state index is -0.442. The third kappa shape index (κ3) is 6.43.